The van der Waals surface area contributed by atoms with E-state index >= 15 is 0 Å². The average Bonchev–Trinajstić information content (AvgIpc) is 2.17. The predicted molar refractivity (Wildman–Crippen MR) is 67.1 cm³/mol. The van der Waals surface area contributed by atoms with E-state index < -0.39 is 0 Å². The number of benzene rings is 1. The van der Waals surface area contributed by atoms with Crippen LogP contribution < -0.4 is 5.32 Å². The number of aliphatic hydroxyl groups excluding tert-OH is 1. The van der Waals surface area contributed by atoms with E-state index in [2.05, 4.69) is 40.3 Å². The fraction of sp³-hybridized carbons (Fsp3) is 0.500. The van der Waals surface area contributed by atoms with Gasteiger partial charge in [0.05, 0.1) is 6.10 Å². The summed E-state index contributed by atoms with van der Waals surface area (Å²) in [6.07, 6.45) is -0.278. The fourth-order valence-corrected chi connectivity index (χ4v) is 1.86. The lowest BCUT2D eigenvalue weighted by Gasteiger charge is -2.14. The van der Waals surface area contributed by atoms with Gasteiger partial charge in [-0.2, -0.15) is 0 Å². The summed E-state index contributed by atoms with van der Waals surface area (Å²) in [6, 6.07) is 8.33. The number of hydrogen-bond acceptors (Lipinski definition) is 2. The summed E-state index contributed by atoms with van der Waals surface area (Å²) in [5.74, 6) is 0.459. The van der Waals surface area contributed by atoms with Crippen LogP contribution in [0.3, 0.4) is 0 Å². The Hall–Kier alpha value is -0.380. The highest BCUT2D eigenvalue weighted by molar-refractivity contribution is 9.10. The maximum absolute atomic E-state index is 9.11. The van der Waals surface area contributed by atoms with Crippen LogP contribution in [0.25, 0.3) is 0 Å². The second kappa shape index (κ2) is 6.26. The number of halogens is 1. The van der Waals surface area contributed by atoms with Gasteiger partial charge in [-0.15, -0.1) is 0 Å². The topological polar surface area (TPSA) is 32.3 Å². The molecule has 1 aromatic carbocycles. The molecular formula is C12H18BrNO. The van der Waals surface area contributed by atoms with Gasteiger partial charge in [-0.3, -0.25) is 0 Å². The standard InChI is InChI=1S/C12H18BrNO/c1-9(7-14-8-10(2)15)11-4-3-5-12(13)6-11/h3-6,9-10,14-15H,7-8H2,1-2H3/t9?,10-/m0/s1. The van der Waals surface area contributed by atoms with E-state index in [4.69, 9.17) is 5.11 Å². The number of rotatable bonds is 5. The van der Waals surface area contributed by atoms with Crippen LogP contribution in [0.4, 0.5) is 0 Å². The minimum Gasteiger partial charge on any atom is -0.392 e. The van der Waals surface area contributed by atoms with Gasteiger partial charge in [0.1, 0.15) is 0 Å². The van der Waals surface area contributed by atoms with Crippen molar-refractivity contribution in [3.05, 3.63) is 34.3 Å². The number of aliphatic hydroxyl groups is 1. The highest BCUT2D eigenvalue weighted by atomic mass is 79.9. The summed E-state index contributed by atoms with van der Waals surface area (Å²) in [4.78, 5) is 0. The van der Waals surface area contributed by atoms with Crippen molar-refractivity contribution in [1.29, 1.82) is 0 Å². The minimum absolute atomic E-state index is 0.278. The summed E-state index contributed by atoms with van der Waals surface area (Å²) in [7, 11) is 0. The van der Waals surface area contributed by atoms with Crippen molar-refractivity contribution in [2.24, 2.45) is 0 Å². The largest absolute Gasteiger partial charge is 0.392 e. The third kappa shape index (κ3) is 4.78. The Bertz CT molecular complexity index is 301. The second-order valence-electron chi connectivity index (χ2n) is 3.96. The molecule has 2 nitrogen and oxygen atoms in total. The van der Waals surface area contributed by atoms with Crippen LogP contribution in [0.15, 0.2) is 28.7 Å². The Labute approximate surface area is 99.8 Å². The Morgan fingerprint density at radius 3 is 2.67 bits per heavy atom. The maximum Gasteiger partial charge on any atom is 0.0636 e. The lowest BCUT2D eigenvalue weighted by molar-refractivity contribution is 0.191. The normalized spacial score (nSPS) is 14.9. The van der Waals surface area contributed by atoms with Crippen LogP contribution in [-0.4, -0.2) is 24.3 Å². The Morgan fingerprint density at radius 1 is 1.33 bits per heavy atom. The van der Waals surface area contributed by atoms with Crippen LogP contribution in [0.2, 0.25) is 0 Å². The second-order valence-corrected chi connectivity index (χ2v) is 4.88. The molecule has 0 saturated heterocycles. The monoisotopic (exact) mass is 271 g/mol. The summed E-state index contributed by atoms with van der Waals surface area (Å²) >= 11 is 3.46. The molecule has 1 rings (SSSR count). The Kier molecular flexibility index (Phi) is 5.29. The average molecular weight is 272 g/mol. The molecule has 2 N–H and O–H groups in total. The molecule has 0 aliphatic carbocycles. The molecule has 0 fully saturated rings. The minimum atomic E-state index is -0.278. The van der Waals surface area contributed by atoms with Gasteiger partial charge in [0.25, 0.3) is 0 Å². The quantitative estimate of drug-likeness (QED) is 0.863. The predicted octanol–water partition coefficient (Wildman–Crippen LogP) is 2.52. The summed E-state index contributed by atoms with van der Waals surface area (Å²) in [5, 5.41) is 12.3. The molecule has 1 unspecified atom stereocenters. The van der Waals surface area contributed by atoms with Gasteiger partial charge in [0.15, 0.2) is 0 Å². The van der Waals surface area contributed by atoms with Crippen LogP contribution in [0.1, 0.15) is 25.3 Å². The van der Waals surface area contributed by atoms with Crippen molar-refractivity contribution in [1.82, 2.24) is 5.32 Å². The smallest absolute Gasteiger partial charge is 0.0636 e. The zero-order valence-corrected chi connectivity index (χ0v) is 10.8. The van der Waals surface area contributed by atoms with Crippen molar-refractivity contribution < 1.29 is 5.11 Å². The first-order valence-corrected chi connectivity index (χ1v) is 6.03. The molecule has 84 valence electrons. The first kappa shape index (κ1) is 12.7. The number of hydrogen-bond donors (Lipinski definition) is 2. The zero-order chi connectivity index (χ0) is 11.3. The van der Waals surface area contributed by atoms with E-state index in [-0.39, 0.29) is 6.10 Å². The molecule has 0 bridgehead atoms. The van der Waals surface area contributed by atoms with Crippen LogP contribution in [0.5, 0.6) is 0 Å². The van der Waals surface area contributed by atoms with Crippen LogP contribution in [-0.2, 0) is 0 Å². The molecule has 0 amide bonds. The van der Waals surface area contributed by atoms with Crippen LogP contribution in [0, 0.1) is 0 Å². The molecule has 3 heteroatoms. The van der Waals surface area contributed by atoms with Gasteiger partial charge < -0.3 is 10.4 Å². The molecular weight excluding hydrogens is 254 g/mol. The molecule has 0 radical (unpaired) electrons. The van der Waals surface area contributed by atoms with Gasteiger partial charge in [0, 0.05) is 17.6 Å². The maximum atomic E-state index is 9.11. The highest BCUT2D eigenvalue weighted by Crippen LogP contribution is 2.18. The third-order valence-electron chi connectivity index (χ3n) is 2.31. The van der Waals surface area contributed by atoms with Gasteiger partial charge >= 0.3 is 0 Å². The summed E-state index contributed by atoms with van der Waals surface area (Å²) in [5.41, 5.74) is 1.31. The van der Waals surface area contributed by atoms with Gasteiger partial charge in [-0.1, -0.05) is 35.0 Å². The molecule has 0 aromatic heterocycles. The zero-order valence-electron chi connectivity index (χ0n) is 9.20. The first-order valence-electron chi connectivity index (χ1n) is 5.24. The lowest BCUT2D eigenvalue weighted by Crippen LogP contribution is -2.27. The van der Waals surface area contributed by atoms with E-state index in [1.54, 1.807) is 6.92 Å². The molecule has 0 spiro atoms. The van der Waals surface area contributed by atoms with Crippen molar-refractivity contribution in [3.63, 3.8) is 0 Å². The third-order valence-corrected chi connectivity index (χ3v) is 2.80. The van der Waals surface area contributed by atoms with Crippen molar-refractivity contribution in [3.8, 4) is 0 Å². The van der Waals surface area contributed by atoms with E-state index in [0.717, 1.165) is 11.0 Å². The molecule has 0 saturated carbocycles. The van der Waals surface area contributed by atoms with E-state index in [9.17, 15) is 0 Å². The van der Waals surface area contributed by atoms with Crippen molar-refractivity contribution >= 4 is 15.9 Å². The highest BCUT2D eigenvalue weighted by Gasteiger charge is 2.05. The number of nitrogens with one attached hydrogen (secondary N) is 1. The van der Waals surface area contributed by atoms with Gasteiger partial charge in [-0.05, 0) is 30.5 Å². The van der Waals surface area contributed by atoms with Crippen molar-refractivity contribution in [2.75, 3.05) is 13.1 Å². The van der Waals surface area contributed by atoms with Gasteiger partial charge in [0.2, 0.25) is 0 Å². The lowest BCUT2D eigenvalue weighted by atomic mass is 10.0. The van der Waals surface area contributed by atoms with E-state index in [1.807, 2.05) is 12.1 Å². The summed E-state index contributed by atoms with van der Waals surface area (Å²) in [6.45, 7) is 5.51. The molecule has 1 aromatic rings. The van der Waals surface area contributed by atoms with E-state index in [1.165, 1.54) is 5.56 Å². The first-order chi connectivity index (χ1) is 7.09. The van der Waals surface area contributed by atoms with E-state index in [0.29, 0.717) is 12.5 Å². The SMILES string of the molecule is CC(CNC[C@H](C)O)c1cccc(Br)c1. The summed E-state index contributed by atoms with van der Waals surface area (Å²) < 4.78 is 1.11. The molecule has 0 aliphatic heterocycles. The molecule has 0 aliphatic rings. The Morgan fingerprint density at radius 2 is 2.07 bits per heavy atom. The fourth-order valence-electron chi connectivity index (χ4n) is 1.44. The molecule has 2 atom stereocenters. The van der Waals surface area contributed by atoms with Crippen molar-refractivity contribution in [2.45, 2.75) is 25.9 Å². The van der Waals surface area contributed by atoms with Crippen LogP contribution >= 0.6 is 15.9 Å². The Balaban J connectivity index is 2.43. The molecule has 0 heterocycles. The molecule has 15 heavy (non-hydrogen) atoms. The van der Waals surface area contributed by atoms with Gasteiger partial charge in [-0.25, -0.2) is 0 Å².